The van der Waals surface area contributed by atoms with Gasteiger partial charge in [0.1, 0.15) is 0 Å². The molecule has 0 unspecified atom stereocenters. The van der Waals surface area contributed by atoms with Gasteiger partial charge >= 0.3 is 0 Å². The lowest BCUT2D eigenvalue weighted by molar-refractivity contribution is 0.462. The van der Waals surface area contributed by atoms with Crippen LogP contribution >= 0.6 is 0 Å². The molecule has 0 radical (unpaired) electrons. The van der Waals surface area contributed by atoms with Crippen molar-refractivity contribution in [2.75, 3.05) is 25.5 Å². The van der Waals surface area contributed by atoms with Crippen molar-refractivity contribution < 1.29 is 0 Å². The lowest BCUT2D eigenvalue weighted by Crippen LogP contribution is -2.48. The van der Waals surface area contributed by atoms with Crippen molar-refractivity contribution in [1.29, 1.82) is 0 Å². The van der Waals surface area contributed by atoms with Gasteiger partial charge in [-0.1, -0.05) is 6.07 Å². The summed E-state index contributed by atoms with van der Waals surface area (Å²) >= 11 is 0. The van der Waals surface area contributed by atoms with Gasteiger partial charge in [0, 0.05) is 24.8 Å². The minimum absolute atomic E-state index is 0.112. The van der Waals surface area contributed by atoms with Crippen LogP contribution < -0.4 is 10.2 Å². The third-order valence-corrected chi connectivity index (χ3v) is 3.91. The summed E-state index contributed by atoms with van der Waals surface area (Å²) in [5.74, 6) is 0. The van der Waals surface area contributed by atoms with E-state index >= 15 is 0 Å². The number of likely N-dealkylation sites (N-methyl/N-ethyl adjacent to an activating group) is 2. The monoisotopic (exact) mass is 234 g/mol. The molecule has 1 aromatic rings. The summed E-state index contributed by atoms with van der Waals surface area (Å²) in [7, 11) is 4.18. The zero-order valence-corrected chi connectivity index (χ0v) is 12.3. The molecule has 0 aliphatic carbocycles. The number of rotatable bonds is 4. The Bertz CT molecular complexity index is 394. The highest BCUT2D eigenvalue weighted by molar-refractivity contribution is 5.59. The predicted molar refractivity (Wildman–Crippen MR) is 77.1 cm³/mol. The van der Waals surface area contributed by atoms with Crippen LogP contribution in [0.4, 0.5) is 5.69 Å². The average Bonchev–Trinajstić information content (AvgIpc) is 2.25. The first kappa shape index (κ1) is 14.0. The molecule has 0 spiro atoms. The fourth-order valence-corrected chi connectivity index (χ4v) is 2.18. The molecule has 2 heteroatoms. The standard InChI is InChI=1S/C15H26N2/c1-11-8-9-14(13(3)12(11)2)17(7)15(4,5)10-16-6/h8-9,16H,10H2,1-7H3. The molecule has 0 saturated heterocycles. The Morgan fingerprint density at radius 3 is 2.24 bits per heavy atom. The molecule has 0 bridgehead atoms. The van der Waals surface area contributed by atoms with E-state index in [0.29, 0.717) is 0 Å². The Kier molecular flexibility index (Phi) is 4.21. The van der Waals surface area contributed by atoms with Crippen molar-refractivity contribution in [3.05, 3.63) is 28.8 Å². The van der Waals surface area contributed by atoms with E-state index in [1.165, 1.54) is 22.4 Å². The van der Waals surface area contributed by atoms with E-state index in [0.717, 1.165) is 6.54 Å². The molecule has 0 aliphatic heterocycles. The zero-order chi connectivity index (χ0) is 13.2. The number of nitrogens with zero attached hydrogens (tertiary/aromatic N) is 1. The maximum absolute atomic E-state index is 3.26. The molecule has 0 aliphatic rings. The van der Waals surface area contributed by atoms with Crippen LogP contribution in [0.25, 0.3) is 0 Å². The van der Waals surface area contributed by atoms with Crippen molar-refractivity contribution in [2.24, 2.45) is 0 Å². The van der Waals surface area contributed by atoms with Crippen LogP contribution in [-0.2, 0) is 0 Å². The lowest BCUT2D eigenvalue weighted by Gasteiger charge is -2.38. The summed E-state index contributed by atoms with van der Waals surface area (Å²) < 4.78 is 0. The summed E-state index contributed by atoms with van der Waals surface area (Å²) in [5.41, 5.74) is 5.59. The molecule has 2 nitrogen and oxygen atoms in total. The maximum Gasteiger partial charge on any atom is 0.0466 e. The highest BCUT2D eigenvalue weighted by atomic mass is 15.2. The maximum atomic E-state index is 3.26. The van der Waals surface area contributed by atoms with Crippen LogP contribution in [0, 0.1) is 20.8 Å². The summed E-state index contributed by atoms with van der Waals surface area (Å²) in [6.07, 6.45) is 0. The quantitative estimate of drug-likeness (QED) is 0.861. The van der Waals surface area contributed by atoms with Crippen LogP contribution in [0.2, 0.25) is 0 Å². The van der Waals surface area contributed by atoms with Crippen molar-refractivity contribution in [3.63, 3.8) is 0 Å². The van der Waals surface area contributed by atoms with E-state index in [1.54, 1.807) is 0 Å². The molecule has 17 heavy (non-hydrogen) atoms. The van der Waals surface area contributed by atoms with Gasteiger partial charge < -0.3 is 10.2 Å². The van der Waals surface area contributed by atoms with E-state index in [2.05, 4.69) is 64.0 Å². The molecule has 96 valence electrons. The van der Waals surface area contributed by atoms with Crippen molar-refractivity contribution in [2.45, 2.75) is 40.2 Å². The molecule has 0 amide bonds. The lowest BCUT2D eigenvalue weighted by atomic mass is 9.97. The van der Waals surface area contributed by atoms with Crippen molar-refractivity contribution in [3.8, 4) is 0 Å². The Morgan fingerprint density at radius 1 is 1.12 bits per heavy atom. The van der Waals surface area contributed by atoms with Gasteiger partial charge in [0.25, 0.3) is 0 Å². The van der Waals surface area contributed by atoms with Gasteiger partial charge in [-0.25, -0.2) is 0 Å². The molecule has 1 N–H and O–H groups in total. The molecular weight excluding hydrogens is 208 g/mol. The second kappa shape index (κ2) is 5.09. The third-order valence-electron chi connectivity index (χ3n) is 3.91. The Morgan fingerprint density at radius 2 is 1.71 bits per heavy atom. The Labute approximate surface area is 106 Å². The summed E-state index contributed by atoms with van der Waals surface area (Å²) in [6.45, 7) is 12.1. The summed E-state index contributed by atoms with van der Waals surface area (Å²) in [6, 6.07) is 4.44. The van der Waals surface area contributed by atoms with E-state index in [-0.39, 0.29) is 5.54 Å². The smallest absolute Gasteiger partial charge is 0.0466 e. The topological polar surface area (TPSA) is 15.3 Å². The third kappa shape index (κ3) is 2.81. The Balaban J connectivity index is 3.13. The molecule has 0 atom stereocenters. The zero-order valence-electron chi connectivity index (χ0n) is 12.3. The minimum Gasteiger partial charge on any atom is -0.368 e. The average molecular weight is 234 g/mol. The first-order chi connectivity index (χ1) is 7.81. The van der Waals surface area contributed by atoms with Gasteiger partial charge in [-0.3, -0.25) is 0 Å². The minimum atomic E-state index is 0.112. The molecule has 1 aromatic carbocycles. The molecule has 0 heterocycles. The summed E-state index contributed by atoms with van der Waals surface area (Å²) in [5, 5.41) is 3.26. The number of anilines is 1. The van der Waals surface area contributed by atoms with Gasteiger partial charge in [-0.2, -0.15) is 0 Å². The van der Waals surface area contributed by atoms with Crippen LogP contribution in [0.3, 0.4) is 0 Å². The normalized spacial score (nSPS) is 11.7. The van der Waals surface area contributed by atoms with Gasteiger partial charge in [0.15, 0.2) is 0 Å². The van der Waals surface area contributed by atoms with Gasteiger partial charge in [0.05, 0.1) is 0 Å². The first-order valence-electron chi connectivity index (χ1n) is 6.26. The van der Waals surface area contributed by atoms with Gasteiger partial charge in [0.2, 0.25) is 0 Å². The molecule has 0 saturated carbocycles. The van der Waals surface area contributed by atoms with Crippen LogP contribution in [-0.4, -0.2) is 26.2 Å². The highest BCUT2D eigenvalue weighted by Crippen LogP contribution is 2.28. The largest absolute Gasteiger partial charge is 0.368 e. The molecule has 1 rings (SSSR count). The first-order valence-corrected chi connectivity index (χ1v) is 6.26. The Hall–Kier alpha value is -1.02. The molecule has 0 aromatic heterocycles. The van der Waals surface area contributed by atoms with Crippen LogP contribution in [0.15, 0.2) is 12.1 Å². The van der Waals surface area contributed by atoms with Gasteiger partial charge in [-0.15, -0.1) is 0 Å². The second-order valence-electron chi connectivity index (χ2n) is 5.55. The van der Waals surface area contributed by atoms with Crippen molar-refractivity contribution in [1.82, 2.24) is 5.32 Å². The number of hydrogen-bond acceptors (Lipinski definition) is 2. The number of benzene rings is 1. The number of nitrogens with one attached hydrogen (secondary N) is 1. The SMILES string of the molecule is CNCC(C)(C)N(C)c1ccc(C)c(C)c1C. The van der Waals surface area contributed by atoms with E-state index < -0.39 is 0 Å². The van der Waals surface area contributed by atoms with Gasteiger partial charge in [-0.05, 0) is 64.4 Å². The second-order valence-corrected chi connectivity index (χ2v) is 5.55. The highest BCUT2D eigenvalue weighted by Gasteiger charge is 2.24. The molecule has 0 fully saturated rings. The number of hydrogen-bond donors (Lipinski definition) is 1. The van der Waals surface area contributed by atoms with E-state index in [4.69, 9.17) is 0 Å². The number of aryl methyl sites for hydroxylation is 1. The van der Waals surface area contributed by atoms with E-state index in [9.17, 15) is 0 Å². The van der Waals surface area contributed by atoms with E-state index in [1.807, 2.05) is 7.05 Å². The molecular formula is C15H26N2. The van der Waals surface area contributed by atoms with Crippen molar-refractivity contribution >= 4 is 5.69 Å². The predicted octanol–water partition coefficient (Wildman–Crippen LogP) is 3.05. The fraction of sp³-hybridized carbons (Fsp3) is 0.600. The fourth-order valence-electron chi connectivity index (χ4n) is 2.18. The van der Waals surface area contributed by atoms with Crippen LogP contribution in [0.1, 0.15) is 30.5 Å². The summed E-state index contributed by atoms with van der Waals surface area (Å²) in [4.78, 5) is 2.37. The van der Waals surface area contributed by atoms with Crippen LogP contribution in [0.5, 0.6) is 0 Å².